The van der Waals surface area contributed by atoms with E-state index in [-0.39, 0.29) is 17.2 Å². The second-order valence-electron chi connectivity index (χ2n) is 7.55. The number of hydrogen-bond acceptors (Lipinski definition) is 4. The molecule has 1 unspecified atom stereocenters. The minimum Gasteiger partial charge on any atom is -0.363 e. The number of nitrogens with zero attached hydrogens (tertiary/aromatic N) is 1. The number of aryl methyl sites for hydroxylation is 1. The van der Waals surface area contributed by atoms with Crippen LogP contribution in [0.5, 0.6) is 0 Å². The Hall–Kier alpha value is -2.19. The molecule has 1 fully saturated rings. The fourth-order valence-electron chi connectivity index (χ4n) is 3.26. The molecule has 1 aromatic heterocycles. The predicted molar refractivity (Wildman–Crippen MR) is 107 cm³/mol. The Bertz CT molecular complexity index is 902. The quantitative estimate of drug-likeness (QED) is 0.710. The number of benzene rings is 1. The molecule has 0 radical (unpaired) electrons. The van der Waals surface area contributed by atoms with Gasteiger partial charge < -0.3 is 15.4 Å². The fraction of sp³-hybridized carbons (Fsp3) is 0.400. The number of pyridine rings is 1. The molecular formula is C20H22F3N3OS. The summed E-state index contributed by atoms with van der Waals surface area (Å²) in [6.07, 6.45) is 1.62. The molecule has 8 heteroatoms. The topological polar surface area (TPSA) is 46.2 Å². The highest BCUT2D eigenvalue weighted by Gasteiger charge is 2.64. The lowest BCUT2D eigenvalue weighted by Crippen LogP contribution is -2.62. The highest BCUT2D eigenvalue weighted by molar-refractivity contribution is 7.80. The Labute approximate surface area is 167 Å². The maximum atomic E-state index is 15.5. The number of hydrogen-bond donors (Lipinski definition) is 2. The molecule has 0 aliphatic carbocycles. The van der Waals surface area contributed by atoms with Gasteiger partial charge in [0.15, 0.2) is 0 Å². The van der Waals surface area contributed by atoms with E-state index in [4.69, 9.17) is 17.0 Å². The Morgan fingerprint density at radius 1 is 1.14 bits per heavy atom. The first-order chi connectivity index (χ1) is 13.0. The molecule has 0 bridgehead atoms. The first-order valence-corrected chi connectivity index (χ1v) is 9.19. The number of alkyl halides is 2. The zero-order valence-corrected chi connectivity index (χ0v) is 16.9. The van der Waals surface area contributed by atoms with Crippen LogP contribution in [0.3, 0.4) is 0 Å². The van der Waals surface area contributed by atoms with Crippen LogP contribution in [0.4, 0.5) is 24.5 Å². The Morgan fingerprint density at radius 2 is 1.82 bits per heavy atom. The third kappa shape index (κ3) is 3.46. The van der Waals surface area contributed by atoms with Gasteiger partial charge in [-0.25, -0.2) is 13.2 Å². The predicted octanol–water partition coefficient (Wildman–Crippen LogP) is 4.85. The molecule has 4 nitrogen and oxygen atoms in total. The van der Waals surface area contributed by atoms with Crippen molar-refractivity contribution in [3.05, 3.63) is 53.6 Å². The van der Waals surface area contributed by atoms with Gasteiger partial charge in [0.2, 0.25) is 0 Å². The van der Waals surface area contributed by atoms with E-state index in [0.717, 1.165) is 11.8 Å². The summed E-state index contributed by atoms with van der Waals surface area (Å²) in [5, 5.41) is 5.70. The molecule has 0 saturated carbocycles. The summed E-state index contributed by atoms with van der Waals surface area (Å²) in [4.78, 5) is 4.27. The third-order valence-corrected chi connectivity index (χ3v) is 5.26. The fourth-order valence-corrected chi connectivity index (χ4v) is 3.53. The normalized spacial score (nSPS) is 23.6. The van der Waals surface area contributed by atoms with Crippen LogP contribution in [0.15, 0.2) is 36.5 Å². The highest BCUT2D eigenvalue weighted by Crippen LogP contribution is 2.48. The summed E-state index contributed by atoms with van der Waals surface area (Å²) in [7, 11) is 0. The van der Waals surface area contributed by atoms with Crippen molar-refractivity contribution in [2.24, 2.45) is 0 Å². The standard InChI is InChI=1S/C20H22F3N3OS/c1-12-5-6-14(10-24-12)25-13-7-8-16(21)15(9-13)19(4)20(22,23)18(2,3)27-11-17(28)26-19/h5-10,25H,11H2,1-4H3,(H,26,28). The molecule has 150 valence electrons. The monoisotopic (exact) mass is 409 g/mol. The molecule has 1 aliphatic heterocycles. The first-order valence-electron chi connectivity index (χ1n) is 8.79. The summed E-state index contributed by atoms with van der Waals surface area (Å²) in [5.41, 5.74) is -2.20. The average molecular weight is 409 g/mol. The van der Waals surface area contributed by atoms with E-state index in [2.05, 4.69) is 15.6 Å². The largest absolute Gasteiger partial charge is 0.363 e. The summed E-state index contributed by atoms with van der Waals surface area (Å²) >= 11 is 5.12. The van der Waals surface area contributed by atoms with Crippen LogP contribution >= 0.6 is 12.2 Å². The minimum absolute atomic E-state index is 0.0910. The van der Waals surface area contributed by atoms with Crippen molar-refractivity contribution < 1.29 is 17.9 Å². The van der Waals surface area contributed by atoms with E-state index < -0.39 is 22.9 Å². The van der Waals surface area contributed by atoms with Crippen molar-refractivity contribution >= 4 is 28.6 Å². The minimum atomic E-state index is -3.47. The van der Waals surface area contributed by atoms with Gasteiger partial charge in [0, 0.05) is 16.9 Å². The van der Waals surface area contributed by atoms with Crippen LogP contribution in [0, 0.1) is 12.7 Å². The summed E-state index contributed by atoms with van der Waals surface area (Å²) in [6.45, 7) is 5.48. The van der Waals surface area contributed by atoms with Crippen LogP contribution in [0.1, 0.15) is 32.0 Å². The second-order valence-corrected chi connectivity index (χ2v) is 8.05. The highest BCUT2D eigenvalue weighted by atomic mass is 32.1. The summed E-state index contributed by atoms with van der Waals surface area (Å²) in [6, 6.07) is 7.62. The molecule has 1 aromatic carbocycles. The van der Waals surface area contributed by atoms with Crippen LogP contribution in [0.2, 0.25) is 0 Å². The van der Waals surface area contributed by atoms with E-state index in [1.807, 2.05) is 13.0 Å². The van der Waals surface area contributed by atoms with Crippen LogP contribution in [0.25, 0.3) is 0 Å². The second kappa shape index (κ2) is 7.00. The van der Waals surface area contributed by atoms with Crippen LogP contribution < -0.4 is 10.6 Å². The number of thiocarbonyl (C=S) groups is 1. The smallest absolute Gasteiger partial charge is 0.302 e. The van der Waals surface area contributed by atoms with E-state index >= 15 is 8.78 Å². The van der Waals surface area contributed by atoms with Gasteiger partial charge in [-0.1, -0.05) is 12.2 Å². The van der Waals surface area contributed by atoms with Gasteiger partial charge in [-0.3, -0.25) is 4.98 Å². The number of rotatable bonds is 3. The summed E-state index contributed by atoms with van der Waals surface area (Å²) < 4.78 is 51.0. The van der Waals surface area contributed by atoms with Gasteiger partial charge in [-0.05, 0) is 58.0 Å². The lowest BCUT2D eigenvalue weighted by molar-refractivity contribution is -0.216. The van der Waals surface area contributed by atoms with E-state index in [1.165, 1.54) is 32.9 Å². The zero-order valence-electron chi connectivity index (χ0n) is 16.1. The lowest BCUT2D eigenvalue weighted by Gasteiger charge is -2.44. The van der Waals surface area contributed by atoms with Gasteiger partial charge in [0.05, 0.1) is 18.5 Å². The maximum Gasteiger partial charge on any atom is 0.302 e. The number of aromatic nitrogens is 1. The Morgan fingerprint density at radius 3 is 2.46 bits per heavy atom. The lowest BCUT2D eigenvalue weighted by atomic mass is 9.77. The number of halogens is 3. The molecule has 0 spiro atoms. The number of ether oxygens (including phenoxy) is 1. The molecule has 3 rings (SSSR count). The zero-order chi connectivity index (χ0) is 20.7. The Balaban J connectivity index is 2.07. The van der Waals surface area contributed by atoms with Crippen LogP contribution in [-0.4, -0.2) is 28.1 Å². The Kier molecular flexibility index (Phi) is 5.14. The first kappa shape index (κ1) is 20.5. The van der Waals surface area contributed by atoms with Gasteiger partial charge >= 0.3 is 5.92 Å². The molecule has 1 aliphatic rings. The molecule has 1 atom stereocenters. The van der Waals surface area contributed by atoms with E-state index in [1.54, 1.807) is 12.3 Å². The van der Waals surface area contributed by atoms with Crippen molar-refractivity contribution in [1.82, 2.24) is 10.3 Å². The molecule has 2 aromatic rings. The molecule has 1 saturated heterocycles. The number of nitrogens with one attached hydrogen (secondary N) is 2. The van der Waals surface area contributed by atoms with Crippen molar-refractivity contribution in [3.63, 3.8) is 0 Å². The van der Waals surface area contributed by atoms with E-state index in [0.29, 0.717) is 11.4 Å². The van der Waals surface area contributed by atoms with Gasteiger partial charge in [-0.15, -0.1) is 0 Å². The molecular weight excluding hydrogens is 387 g/mol. The van der Waals surface area contributed by atoms with Crippen molar-refractivity contribution in [2.45, 2.75) is 44.8 Å². The van der Waals surface area contributed by atoms with Gasteiger partial charge in [-0.2, -0.15) is 0 Å². The van der Waals surface area contributed by atoms with Crippen molar-refractivity contribution in [1.29, 1.82) is 0 Å². The molecule has 2 N–H and O–H groups in total. The van der Waals surface area contributed by atoms with Crippen molar-refractivity contribution in [2.75, 3.05) is 11.9 Å². The van der Waals surface area contributed by atoms with Crippen molar-refractivity contribution in [3.8, 4) is 0 Å². The maximum absolute atomic E-state index is 15.5. The molecule has 0 amide bonds. The molecule has 28 heavy (non-hydrogen) atoms. The summed E-state index contributed by atoms with van der Waals surface area (Å²) in [5.74, 6) is -4.23. The van der Waals surface area contributed by atoms with E-state index in [9.17, 15) is 4.39 Å². The van der Waals surface area contributed by atoms with Gasteiger partial charge in [0.1, 0.15) is 21.9 Å². The third-order valence-electron chi connectivity index (χ3n) is 5.04. The average Bonchev–Trinajstić information content (AvgIpc) is 2.68. The van der Waals surface area contributed by atoms with Crippen LogP contribution in [-0.2, 0) is 10.3 Å². The number of anilines is 2. The molecule has 2 heterocycles. The SMILES string of the molecule is Cc1ccc(Nc2ccc(F)c(C3(C)NC(=S)COC(C)(C)C3(F)F)c2)cn1. The van der Waals surface area contributed by atoms with Gasteiger partial charge in [0.25, 0.3) is 0 Å².